The highest BCUT2D eigenvalue weighted by atomic mass is 16.3. The Balaban J connectivity index is 1.42. The van der Waals surface area contributed by atoms with Crippen LogP contribution in [0.25, 0.3) is 0 Å². The van der Waals surface area contributed by atoms with E-state index in [-0.39, 0.29) is 5.91 Å². The average Bonchev–Trinajstić information content (AvgIpc) is 3.06. The highest BCUT2D eigenvalue weighted by Gasteiger charge is 2.26. The first-order chi connectivity index (χ1) is 12.7. The Morgan fingerprint density at radius 2 is 1.88 bits per heavy atom. The molecule has 0 radical (unpaired) electrons. The minimum atomic E-state index is -0.225. The summed E-state index contributed by atoms with van der Waals surface area (Å²) in [6.45, 7) is 2.18. The Labute approximate surface area is 154 Å². The summed E-state index contributed by atoms with van der Waals surface area (Å²) in [6, 6.07) is 8.27. The van der Waals surface area contributed by atoms with Gasteiger partial charge in [0.2, 0.25) is 0 Å². The molecule has 26 heavy (non-hydrogen) atoms. The second-order valence-corrected chi connectivity index (χ2v) is 7.42. The Morgan fingerprint density at radius 1 is 1.15 bits per heavy atom. The normalized spacial score (nSPS) is 19.1. The molecule has 1 saturated carbocycles. The third kappa shape index (κ3) is 3.75. The lowest BCUT2D eigenvalue weighted by Crippen LogP contribution is -2.36. The van der Waals surface area contributed by atoms with Crippen LogP contribution in [0, 0.1) is 0 Å². The fourth-order valence-corrected chi connectivity index (χ4v) is 3.51. The Morgan fingerprint density at radius 3 is 2.58 bits per heavy atom. The van der Waals surface area contributed by atoms with Gasteiger partial charge in [-0.3, -0.25) is 4.79 Å². The number of anilines is 2. The molecule has 1 aliphatic heterocycles. The van der Waals surface area contributed by atoms with Gasteiger partial charge in [-0.15, -0.1) is 0 Å². The van der Waals surface area contributed by atoms with Crippen molar-refractivity contribution in [1.29, 1.82) is 0 Å². The number of likely N-dealkylation sites (tertiary alicyclic amines) is 1. The number of hydrogen-bond acceptors (Lipinski definition) is 5. The van der Waals surface area contributed by atoms with Crippen LogP contribution < -0.4 is 10.6 Å². The maximum absolute atomic E-state index is 12.6. The molecule has 1 aromatic carbocycles. The summed E-state index contributed by atoms with van der Waals surface area (Å²) in [4.78, 5) is 19.3. The number of para-hydroxylation sites is 2. The van der Waals surface area contributed by atoms with Gasteiger partial charge in [0.1, 0.15) is 6.26 Å². The second kappa shape index (κ2) is 7.50. The van der Waals surface area contributed by atoms with Crippen LogP contribution in [-0.4, -0.2) is 42.0 Å². The zero-order valence-corrected chi connectivity index (χ0v) is 15.2. The summed E-state index contributed by atoms with van der Waals surface area (Å²) in [7, 11) is 2.15. The maximum atomic E-state index is 12.6. The molecular formula is C20H26N4O2. The van der Waals surface area contributed by atoms with E-state index in [1.807, 2.05) is 24.3 Å². The zero-order valence-electron chi connectivity index (χ0n) is 15.2. The molecule has 1 saturated heterocycles. The highest BCUT2D eigenvalue weighted by molar-refractivity contribution is 6.04. The van der Waals surface area contributed by atoms with Gasteiger partial charge in [0, 0.05) is 12.0 Å². The van der Waals surface area contributed by atoms with Crippen molar-refractivity contribution in [2.24, 2.45) is 0 Å². The lowest BCUT2D eigenvalue weighted by atomic mass is 9.85. The number of piperidine rings is 1. The van der Waals surface area contributed by atoms with Crippen LogP contribution in [0.4, 0.5) is 11.4 Å². The van der Waals surface area contributed by atoms with Crippen molar-refractivity contribution in [1.82, 2.24) is 9.88 Å². The number of aromatic nitrogens is 1. The van der Waals surface area contributed by atoms with Crippen LogP contribution in [0.2, 0.25) is 0 Å². The first-order valence-corrected chi connectivity index (χ1v) is 9.50. The number of amides is 1. The monoisotopic (exact) mass is 354 g/mol. The van der Waals surface area contributed by atoms with E-state index >= 15 is 0 Å². The fraction of sp³-hybridized carbons (Fsp3) is 0.500. The smallest absolute Gasteiger partial charge is 0.277 e. The van der Waals surface area contributed by atoms with E-state index in [4.69, 9.17) is 4.42 Å². The number of nitrogens with zero attached hydrogens (tertiary/aromatic N) is 2. The predicted octanol–water partition coefficient (Wildman–Crippen LogP) is 3.70. The standard InChI is InChI=1S/C20H26N4O2/c1-24-11-9-15(10-12-24)21-16-7-2-3-8-17(16)22-19(25)18-13-26-20(23-18)14-5-4-6-14/h2-3,7-8,13-15,21H,4-6,9-12H2,1H3,(H,22,25). The van der Waals surface area contributed by atoms with Crippen molar-refractivity contribution >= 4 is 17.3 Å². The molecule has 2 aromatic rings. The largest absolute Gasteiger partial charge is 0.448 e. The van der Waals surface area contributed by atoms with Crippen LogP contribution >= 0.6 is 0 Å². The third-order valence-corrected chi connectivity index (χ3v) is 5.46. The van der Waals surface area contributed by atoms with Gasteiger partial charge >= 0.3 is 0 Å². The summed E-state index contributed by atoms with van der Waals surface area (Å²) < 4.78 is 5.50. The first kappa shape index (κ1) is 17.1. The molecule has 6 heteroatoms. The number of carbonyl (C=O) groups is 1. The molecule has 6 nitrogen and oxygen atoms in total. The summed E-state index contributed by atoms with van der Waals surface area (Å²) in [5.74, 6) is 0.853. The van der Waals surface area contributed by atoms with Gasteiger partial charge in [0.05, 0.1) is 11.4 Å². The van der Waals surface area contributed by atoms with Gasteiger partial charge in [0.15, 0.2) is 11.6 Å². The molecule has 2 fully saturated rings. The van der Waals surface area contributed by atoms with Crippen LogP contribution in [0.1, 0.15) is 54.4 Å². The highest BCUT2D eigenvalue weighted by Crippen LogP contribution is 2.35. The van der Waals surface area contributed by atoms with E-state index < -0.39 is 0 Å². The summed E-state index contributed by atoms with van der Waals surface area (Å²) in [6.07, 6.45) is 7.09. The van der Waals surface area contributed by atoms with Crippen LogP contribution in [0.5, 0.6) is 0 Å². The number of oxazole rings is 1. The van der Waals surface area contributed by atoms with Crippen molar-refractivity contribution in [2.45, 2.75) is 44.1 Å². The van der Waals surface area contributed by atoms with Gasteiger partial charge in [-0.25, -0.2) is 4.98 Å². The molecule has 0 bridgehead atoms. The Bertz CT molecular complexity index is 761. The zero-order chi connectivity index (χ0) is 17.9. The topological polar surface area (TPSA) is 70.4 Å². The van der Waals surface area contributed by atoms with Crippen LogP contribution in [-0.2, 0) is 0 Å². The SMILES string of the molecule is CN1CCC(Nc2ccccc2NC(=O)c2coc(C3CCC3)n2)CC1. The molecule has 2 N–H and O–H groups in total. The predicted molar refractivity (Wildman–Crippen MR) is 102 cm³/mol. The van der Waals surface area contributed by atoms with Crippen molar-refractivity contribution in [3.63, 3.8) is 0 Å². The molecule has 4 rings (SSSR count). The molecule has 1 aromatic heterocycles. The minimum Gasteiger partial charge on any atom is -0.448 e. The molecule has 2 heterocycles. The number of carbonyl (C=O) groups excluding carboxylic acids is 1. The average molecular weight is 354 g/mol. The van der Waals surface area contributed by atoms with E-state index in [9.17, 15) is 4.79 Å². The van der Waals surface area contributed by atoms with Gasteiger partial charge < -0.3 is 20.0 Å². The van der Waals surface area contributed by atoms with Gasteiger partial charge in [-0.2, -0.15) is 0 Å². The lowest BCUT2D eigenvalue weighted by molar-refractivity contribution is 0.102. The van der Waals surface area contributed by atoms with E-state index in [1.165, 1.54) is 12.7 Å². The molecular weight excluding hydrogens is 328 g/mol. The van der Waals surface area contributed by atoms with Gasteiger partial charge in [-0.1, -0.05) is 18.6 Å². The summed E-state index contributed by atoms with van der Waals surface area (Å²) in [5, 5.41) is 6.56. The fourth-order valence-electron chi connectivity index (χ4n) is 3.51. The Hall–Kier alpha value is -2.34. The maximum Gasteiger partial charge on any atom is 0.277 e. The Kier molecular flexibility index (Phi) is 4.93. The molecule has 1 amide bonds. The van der Waals surface area contributed by atoms with Gasteiger partial charge in [-0.05, 0) is 58.0 Å². The number of hydrogen-bond donors (Lipinski definition) is 2. The molecule has 0 unspecified atom stereocenters. The van der Waals surface area contributed by atoms with E-state index in [0.29, 0.717) is 23.5 Å². The van der Waals surface area contributed by atoms with E-state index in [2.05, 4.69) is 27.6 Å². The second-order valence-electron chi connectivity index (χ2n) is 7.42. The lowest BCUT2D eigenvalue weighted by Gasteiger charge is -2.30. The molecule has 138 valence electrons. The van der Waals surface area contributed by atoms with Crippen molar-refractivity contribution in [3.05, 3.63) is 42.1 Å². The molecule has 2 aliphatic rings. The van der Waals surface area contributed by atoms with E-state index in [1.54, 1.807) is 0 Å². The quantitative estimate of drug-likeness (QED) is 0.857. The summed E-state index contributed by atoms with van der Waals surface area (Å²) in [5.41, 5.74) is 2.09. The van der Waals surface area contributed by atoms with Crippen molar-refractivity contribution in [2.75, 3.05) is 30.8 Å². The molecule has 0 atom stereocenters. The summed E-state index contributed by atoms with van der Waals surface area (Å²) >= 11 is 0. The first-order valence-electron chi connectivity index (χ1n) is 9.50. The van der Waals surface area contributed by atoms with Crippen LogP contribution in [0.15, 0.2) is 34.9 Å². The van der Waals surface area contributed by atoms with Crippen molar-refractivity contribution < 1.29 is 9.21 Å². The number of rotatable bonds is 5. The van der Waals surface area contributed by atoms with Crippen LogP contribution in [0.3, 0.4) is 0 Å². The minimum absolute atomic E-state index is 0.225. The number of nitrogens with one attached hydrogen (secondary N) is 2. The van der Waals surface area contributed by atoms with Crippen molar-refractivity contribution in [3.8, 4) is 0 Å². The molecule has 1 aliphatic carbocycles. The third-order valence-electron chi connectivity index (χ3n) is 5.46. The number of benzene rings is 1. The molecule has 0 spiro atoms. The van der Waals surface area contributed by atoms with E-state index in [0.717, 1.165) is 50.1 Å². The van der Waals surface area contributed by atoms with Gasteiger partial charge in [0.25, 0.3) is 5.91 Å².